The van der Waals surface area contributed by atoms with E-state index in [1.807, 2.05) is 6.92 Å². The largest absolute Gasteiger partial charge is 0.389 e. The van der Waals surface area contributed by atoms with Gasteiger partial charge in [0, 0.05) is 22.5 Å². The second kappa shape index (κ2) is 7.98. The molecule has 0 heterocycles. The van der Waals surface area contributed by atoms with Crippen molar-refractivity contribution in [3.05, 3.63) is 34.1 Å². The summed E-state index contributed by atoms with van der Waals surface area (Å²) in [4.78, 5) is 0. The zero-order valence-corrected chi connectivity index (χ0v) is 12.8. The van der Waals surface area contributed by atoms with Gasteiger partial charge in [0.1, 0.15) is 5.82 Å². The molecule has 0 fully saturated rings. The minimum Gasteiger partial charge on any atom is -0.310 e. The topological polar surface area (TPSA) is 12.0 Å². The second-order valence-electron chi connectivity index (χ2n) is 4.68. The number of benzene rings is 1. The highest BCUT2D eigenvalue weighted by molar-refractivity contribution is 9.10. The minimum atomic E-state index is -4.16. The summed E-state index contributed by atoms with van der Waals surface area (Å²) >= 11 is 3.26. The molecule has 20 heavy (non-hydrogen) atoms. The predicted octanol–water partition coefficient (Wildman–Crippen LogP) is 5.36. The first kappa shape index (κ1) is 17.4. The van der Waals surface area contributed by atoms with Crippen molar-refractivity contribution in [2.75, 3.05) is 6.54 Å². The summed E-state index contributed by atoms with van der Waals surface area (Å²) in [5, 5.41) is 3.11. The molecule has 0 aliphatic carbocycles. The lowest BCUT2D eigenvalue weighted by Crippen LogP contribution is -2.23. The van der Waals surface area contributed by atoms with Crippen molar-refractivity contribution in [1.29, 1.82) is 0 Å². The first-order valence-electron chi connectivity index (χ1n) is 6.58. The Morgan fingerprint density at radius 2 is 2.00 bits per heavy atom. The summed E-state index contributed by atoms with van der Waals surface area (Å²) in [5.74, 6) is -0.395. The van der Waals surface area contributed by atoms with Gasteiger partial charge in [0.2, 0.25) is 0 Å². The van der Waals surface area contributed by atoms with Crippen LogP contribution in [0.15, 0.2) is 22.7 Å². The predicted molar refractivity (Wildman–Crippen MR) is 75.0 cm³/mol. The number of hydrogen-bond donors (Lipinski definition) is 1. The van der Waals surface area contributed by atoms with E-state index in [1.165, 1.54) is 6.07 Å². The number of hydrogen-bond acceptors (Lipinski definition) is 1. The van der Waals surface area contributed by atoms with Crippen molar-refractivity contribution in [1.82, 2.24) is 5.32 Å². The van der Waals surface area contributed by atoms with E-state index in [0.717, 1.165) is 6.42 Å². The summed E-state index contributed by atoms with van der Waals surface area (Å²) in [6.45, 7) is 2.60. The van der Waals surface area contributed by atoms with Crippen molar-refractivity contribution in [3.63, 3.8) is 0 Å². The van der Waals surface area contributed by atoms with Crippen molar-refractivity contribution in [2.45, 2.75) is 44.8 Å². The van der Waals surface area contributed by atoms with Crippen LogP contribution in [0, 0.1) is 5.82 Å². The van der Waals surface area contributed by atoms with Gasteiger partial charge in [0.25, 0.3) is 0 Å². The molecular formula is C14H18BrF4N. The maximum Gasteiger partial charge on any atom is 0.389 e. The summed E-state index contributed by atoms with van der Waals surface area (Å²) in [6, 6.07) is 4.13. The maximum absolute atomic E-state index is 13.8. The lowest BCUT2D eigenvalue weighted by molar-refractivity contribution is -0.135. The molecule has 0 saturated carbocycles. The molecule has 0 aliphatic heterocycles. The molecule has 1 nitrogen and oxygen atoms in total. The molecule has 0 amide bonds. The van der Waals surface area contributed by atoms with E-state index in [1.54, 1.807) is 12.1 Å². The van der Waals surface area contributed by atoms with Gasteiger partial charge in [0.05, 0.1) is 0 Å². The molecule has 114 valence electrons. The molecule has 1 aromatic carbocycles. The van der Waals surface area contributed by atoms with E-state index < -0.39 is 24.5 Å². The van der Waals surface area contributed by atoms with E-state index in [9.17, 15) is 17.6 Å². The van der Waals surface area contributed by atoms with Crippen LogP contribution in [0.3, 0.4) is 0 Å². The molecule has 1 unspecified atom stereocenters. The van der Waals surface area contributed by atoms with Crippen LogP contribution in [0.25, 0.3) is 0 Å². The normalized spacial score (nSPS) is 13.5. The summed E-state index contributed by atoms with van der Waals surface area (Å²) in [7, 11) is 0. The van der Waals surface area contributed by atoms with Crippen molar-refractivity contribution >= 4 is 15.9 Å². The Hall–Kier alpha value is -0.620. The third-order valence-electron chi connectivity index (χ3n) is 2.93. The number of rotatable bonds is 7. The first-order valence-corrected chi connectivity index (χ1v) is 7.38. The monoisotopic (exact) mass is 355 g/mol. The third-order valence-corrected chi connectivity index (χ3v) is 3.42. The van der Waals surface area contributed by atoms with E-state index in [0.29, 0.717) is 16.6 Å². The second-order valence-corrected chi connectivity index (χ2v) is 5.60. The zero-order chi connectivity index (χ0) is 15.2. The van der Waals surface area contributed by atoms with Gasteiger partial charge >= 0.3 is 6.18 Å². The van der Waals surface area contributed by atoms with Gasteiger partial charge in [-0.3, -0.25) is 0 Å². The fourth-order valence-electron chi connectivity index (χ4n) is 1.97. The van der Waals surface area contributed by atoms with Crippen LogP contribution >= 0.6 is 15.9 Å². The van der Waals surface area contributed by atoms with Crippen LogP contribution in [0.2, 0.25) is 0 Å². The van der Waals surface area contributed by atoms with Crippen molar-refractivity contribution in [2.24, 2.45) is 0 Å². The lowest BCUT2D eigenvalue weighted by Gasteiger charge is -2.20. The molecule has 0 saturated heterocycles. The molecule has 1 rings (SSSR count). The Morgan fingerprint density at radius 3 is 2.60 bits per heavy atom. The van der Waals surface area contributed by atoms with Gasteiger partial charge < -0.3 is 5.32 Å². The Balaban J connectivity index is 2.75. The smallest absolute Gasteiger partial charge is 0.310 e. The lowest BCUT2D eigenvalue weighted by atomic mass is 10.00. The third kappa shape index (κ3) is 6.22. The number of nitrogens with one attached hydrogen (secondary N) is 1. The molecule has 0 aliphatic rings. The van der Waals surface area contributed by atoms with Crippen LogP contribution in [-0.4, -0.2) is 12.7 Å². The van der Waals surface area contributed by atoms with E-state index >= 15 is 0 Å². The Kier molecular flexibility index (Phi) is 6.95. The Morgan fingerprint density at radius 1 is 1.30 bits per heavy atom. The average Bonchev–Trinajstić information content (AvgIpc) is 2.35. The Labute approximate surface area is 124 Å². The van der Waals surface area contributed by atoms with Crippen LogP contribution in [-0.2, 0) is 0 Å². The van der Waals surface area contributed by atoms with Gasteiger partial charge in [-0.15, -0.1) is 0 Å². The summed E-state index contributed by atoms with van der Waals surface area (Å²) < 4.78 is 51.1. The van der Waals surface area contributed by atoms with Gasteiger partial charge in [-0.05, 0) is 44.0 Å². The minimum absolute atomic E-state index is 0.0170. The maximum atomic E-state index is 13.8. The average molecular weight is 356 g/mol. The fraction of sp³-hybridized carbons (Fsp3) is 0.571. The van der Waals surface area contributed by atoms with E-state index in [4.69, 9.17) is 0 Å². The van der Waals surface area contributed by atoms with Gasteiger partial charge in [-0.25, -0.2) is 4.39 Å². The molecule has 0 radical (unpaired) electrons. The highest BCUT2D eigenvalue weighted by Gasteiger charge is 2.27. The molecule has 0 aromatic heterocycles. The summed E-state index contributed by atoms with van der Waals surface area (Å²) in [5.41, 5.74) is 0.412. The van der Waals surface area contributed by atoms with Crippen LogP contribution < -0.4 is 5.32 Å². The van der Waals surface area contributed by atoms with Crippen LogP contribution in [0.5, 0.6) is 0 Å². The quantitative estimate of drug-likeness (QED) is 0.649. The molecular weight excluding hydrogens is 338 g/mol. The summed E-state index contributed by atoms with van der Waals surface area (Å²) in [6.07, 6.45) is -3.92. The highest BCUT2D eigenvalue weighted by atomic mass is 79.9. The van der Waals surface area contributed by atoms with Crippen molar-refractivity contribution < 1.29 is 17.6 Å². The SMILES string of the molecule is CCCNC(CCCC(F)(F)F)c1cc(Br)ccc1F. The van der Waals surface area contributed by atoms with E-state index in [2.05, 4.69) is 21.2 Å². The fourth-order valence-corrected chi connectivity index (χ4v) is 2.35. The molecule has 6 heteroatoms. The molecule has 1 atom stereocenters. The standard InChI is InChI=1S/C14H18BrF4N/c1-2-8-20-13(4-3-7-14(17,18)19)11-9-10(15)5-6-12(11)16/h5-6,9,13,20H,2-4,7-8H2,1H3. The van der Waals surface area contributed by atoms with Gasteiger partial charge in [-0.2, -0.15) is 13.2 Å². The van der Waals surface area contributed by atoms with Crippen LogP contribution in [0.1, 0.15) is 44.2 Å². The highest BCUT2D eigenvalue weighted by Crippen LogP contribution is 2.28. The molecule has 1 N–H and O–H groups in total. The number of halogens is 5. The molecule has 1 aromatic rings. The molecule has 0 bridgehead atoms. The van der Waals surface area contributed by atoms with E-state index in [-0.39, 0.29) is 12.8 Å². The van der Waals surface area contributed by atoms with Crippen molar-refractivity contribution in [3.8, 4) is 0 Å². The van der Waals surface area contributed by atoms with Gasteiger partial charge in [0.15, 0.2) is 0 Å². The van der Waals surface area contributed by atoms with Crippen LogP contribution in [0.4, 0.5) is 17.6 Å². The first-order chi connectivity index (χ1) is 9.33. The number of alkyl halides is 3. The molecule has 0 spiro atoms. The Bertz CT molecular complexity index is 420. The zero-order valence-electron chi connectivity index (χ0n) is 11.2. The van der Waals surface area contributed by atoms with Gasteiger partial charge in [-0.1, -0.05) is 22.9 Å².